The minimum atomic E-state index is -0.471. The van der Waals surface area contributed by atoms with E-state index in [9.17, 15) is 8.78 Å². The van der Waals surface area contributed by atoms with Crippen molar-refractivity contribution < 1.29 is 13.2 Å². The highest BCUT2D eigenvalue weighted by molar-refractivity contribution is 5.59. The summed E-state index contributed by atoms with van der Waals surface area (Å²) in [6, 6.07) is 6.09. The highest BCUT2D eigenvalue weighted by Crippen LogP contribution is 2.27. The Hall–Kier alpha value is -1.68. The van der Waals surface area contributed by atoms with Crippen molar-refractivity contribution in [1.29, 1.82) is 0 Å². The van der Waals surface area contributed by atoms with Crippen molar-refractivity contribution in [1.82, 2.24) is 5.32 Å². The SMILES string of the molecule is CNC(C)Cc1ccc(-c2cc(F)c(C)cc2F)o1. The molecule has 1 N–H and O–H groups in total. The van der Waals surface area contributed by atoms with E-state index < -0.39 is 11.6 Å². The zero-order chi connectivity index (χ0) is 14.0. The van der Waals surface area contributed by atoms with Gasteiger partial charge in [0, 0.05) is 12.5 Å². The van der Waals surface area contributed by atoms with E-state index in [0.29, 0.717) is 12.2 Å². The van der Waals surface area contributed by atoms with Crippen molar-refractivity contribution in [2.24, 2.45) is 0 Å². The minimum absolute atomic E-state index is 0.159. The van der Waals surface area contributed by atoms with E-state index in [1.165, 1.54) is 19.1 Å². The molecule has 2 aromatic rings. The highest BCUT2D eigenvalue weighted by Gasteiger charge is 2.13. The van der Waals surface area contributed by atoms with Gasteiger partial charge in [0.05, 0.1) is 5.56 Å². The highest BCUT2D eigenvalue weighted by atomic mass is 19.1. The van der Waals surface area contributed by atoms with Gasteiger partial charge >= 0.3 is 0 Å². The Morgan fingerprint density at radius 2 is 1.95 bits per heavy atom. The van der Waals surface area contributed by atoms with Crippen molar-refractivity contribution in [2.45, 2.75) is 26.3 Å². The summed E-state index contributed by atoms with van der Waals surface area (Å²) >= 11 is 0. The molecule has 102 valence electrons. The molecule has 0 aliphatic carbocycles. The lowest BCUT2D eigenvalue weighted by Crippen LogP contribution is -2.23. The van der Waals surface area contributed by atoms with Crippen LogP contribution in [0.3, 0.4) is 0 Å². The fourth-order valence-electron chi connectivity index (χ4n) is 1.87. The quantitative estimate of drug-likeness (QED) is 0.912. The average Bonchev–Trinajstić information content (AvgIpc) is 2.82. The number of hydrogen-bond acceptors (Lipinski definition) is 2. The van der Waals surface area contributed by atoms with E-state index in [0.717, 1.165) is 5.76 Å². The summed E-state index contributed by atoms with van der Waals surface area (Å²) in [5, 5.41) is 3.10. The molecule has 0 fully saturated rings. The maximum atomic E-state index is 13.8. The van der Waals surface area contributed by atoms with Gasteiger partial charge in [-0.25, -0.2) is 8.78 Å². The Morgan fingerprint density at radius 3 is 2.63 bits per heavy atom. The van der Waals surface area contributed by atoms with Gasteiger partial charge in [0.2, 0.25) is 0 Å². The van der Waals surface area contributed by atoms with E-state index in [1.54, 1.807) is 12.1 Å². The van der Waals surface area contributed by atoms with E-state index in [1.807, 2.05) is 14.0 Å². The minimum Gasteiger partial charge on any atom is -0.461 e. The van der Waals surface area contributed by atoms with Crippen LogP contribution in [0.1, 0.15) is 18.2 Å². The van der Waals surface area contributed by atoms with Crippen LogP contribution in [0.25, 0.3) is 11.3 Å². The topological polar surface area (TPSA) is 25.2 Å². The molecule has 0 aliphatic rings. The number of furan rings is 1. The molecule has 4 heteroatoms. The third-order valence-corrected chi connectivity index (χ3v) is 3.18. The van der Waals surface area contributed by atoms with Crippen molar-refractivity contribution >= 4 is 0 Å². The van der Waals surface area contributed by atoms with Gasteiger partial charge < -0.3 is 9.73 Å². The van der Waals surface area contributed by atoms with Crippen LogP contribution in [0.4, 0.5) is 8.78 Å². The molecule has 0 radical (unpaired) electrons. The van der Waals surface area contributed by atoms with Gasteiger partial charge in [-0.3, -0.25) is 0 Å². The molecule has 0 bridgehead atoms. The van der Waals surface area contributed by atoms with Crippen LogP contribution in [0, 0.1) is 18.6 Å². The Kier molecular flexibility index (Phi) is 4.00. The molecule has 2 nitrogen and oxygen atoms in total. The first-order valence-electron chi connectivity index (χ1n) is 6.23. The lowest BCUT2D eigenvalue weighted by atomic mass is 10.1. The van der Waals surface area contributed by atoms with Crippen molar-refractivity contribution in [2.75, 3.05) is 7.05 Å². The third-order valence-electron chi connectivity index (χ3n) is 3.18. The van der Waals surface area contributed by atoms with Crippen LogP contribution in [-0.2, 0) is 6.42 Å². The van der Waals surface area contributed by atoms with Gasteiger partial charge in [-0.1, -0.05) is 0 Å². The third kappa shape index (κ3) is 3.01. The summed E-state index contributed by atoms with van der Waals surface area (Å²) in [7, 11) is 1.86. The normalized spacial score (nSPS) is 12.7. The fourth-order valence-corrected chi connectivity index (χ4v) is 1.87. The second-order valence-electron chi connectivity index (χ2n) is 4.74. The zero-order valence-corrected chi connectivity index (χ0v) is 11.3. The Morgan fingerprint density at radius 1 is 1.21 bits per heavy atom. The molecule has 2 rings (SSSR count). The molecular formula is C15H17F2NO. The zero-order valence-electron chi connectivity index (χ0n) is 11.3. The summed E-state index contributed by atoms with van der Waals surface area (Å²) < 4.78 is 32.9. The lowest BCUT2D eigenvalue weighted by Gasteiger charge is -2.07. The predicted molar refractivity (Wildman–Crippen MR) is 71.0 cm³/mol. The smallest absolute Gasteiger partial charge is 0.137 e. The molecule has 0 saturated heterocycles. The lowest BCUT2D eigenvalue weighted by molar-refractivity contribution is 0.478. The molecule has 0 amide bonds. The van der Waals surface area contributed by atoms with Gasteiger partial charge in [-0.15, -0.1) is 0 Å². The average molecular weight is 265 g/mol. The second-order valence-corrected chi connectivity index (χ2v) is 4.74. The summed E-state index contributed by atoms with van der Waals surface area (Å²) in [6.45, 7) is 3.55. The van der Waals surface area contributed by atoms with Gasteiger partial charge in [0.25, 0.3) is 0 Å². The van der Waals surface area contributed by atoms with Crippen LogP contribution >= 0.6 is 0 Å². The molecule has 1 unspecified atom stereocenters. The molecular weight excluding hydrogens is 248 g/mol. The molecule has 0 saturated carbocycles. The summed E-state index contributed by atoms with van der Waals surface area (Å²) in [6.07, 6.45) is 0.701. The number of likely N-dealkylation sites (N-methyl/N-ethyl adjacent to an activating group) is 1. The summed E-state index contributed by atoms with van der Waals surface area (Å²) in [5.74, 6) is 0.200. The maximum Gasteiger partial charge on any atom is 0.137 e. The molecule has 19 heavy (non-hydrogen) atoms. The predicted octanol–water partition coefficient (Wildman–Crippen LogP) is 3.68. The molecule has 1 aromatic heterocycles. The van der Waals surface area contributed by atoms with Crippen LogP contribution in [0.15, 0.2) is 28.7 Å². The van der Waals surface area contributed by atoms with Crippen LogP contribution in [0.5, 0.6) is 0 Å². The Balaban J connectivity index is 2.30. The number of halogens is 2. The van der Waals surface area contributed by atoms with Gasteiger partial charge in [0.15, 0.2) is 0 Å². The van der Waals surface area contributed by atoms with E-state index in [2.05, 4.69) is 5.32 Å². The van der Waals surface area contributed by atoms with Crippen molar-refractivity contribution in [3.63, 3.8) is 0 Å². The Bertz CT molecular complexity index is 578. The monoisotopic (exact) mass is 265 g/mol. The van der Waals surface area contributed by atoms with Crippen LogP contribution in [-0.4, -0.2) is 13.1 Å². The summed E-state index contributed by atoms with van der Waals surface area (Å²) in [4.78, 5) is 0. The van der Waals surface area contributed by atoms with Crippen LogP contribution < -0.4 is 5.32 Å². The number of nitrogens with one attached hydrogen (secondary N) is 1. The van der Waals surface area contributed by atoms with E-state index in [-0.39, 0.29) is 17.2 Å². The molecule has 1 aromatic carbocycles. The van der Waals surface area contributed by atoms with Crippen LogP contribution in [0.2, 0.25) is 0 Å². The van der Waals surface area contributed by atoms with Gasteiger partial charge in [-0.2, -0.15) is 0 Å². The van der Waals surface area contributed by atoms with E-state index >= 15 is 0 Å². The number of aryl methyl sites for hydroxylation is 1. The van der Waals surface area contributed by atoms with E-state index in [4.69, 9.17) is 4.42 Å². The number of benzene rings is 1. The van der Waals surface area contributed by atoms with Gasteiger partial charge in [0.1, 0.15) is 23.2 Å². The fraction of sp³-hybridized carbons (Fsp3) is 0.333. The molecule has 0 aliphatic heterocycles. The number of rotatable bonds is 4. The standard InChI is InChI=1S/C15H17F2NO/c1-9-6-14(17)12(8-13(9)16)15-5-4-11(19-15)7-10(2)18-3/h4-6,8,10,18H,7H2,1-3H3. The summed E-state index contributed by atoms with van der Waals surface area (Å²) in [5.41, 5.74) is 0.447. The molecule has 1 heterocycles. The first kappa shape index (κ1) is 13.7. The maximum absolute atomic E-state index is 13.8. The number of hydrogen-bond donors (Lipinski definition) is 1. The first-order chi connectivity index (χ1) is 9.01. The Labute approximate surface area is 111 Å². The second kappa shape index (κ2) is 5.53. The molecule has 1 atom stereocenters. The first-order valence-corrected chi connectivity index (χ1v) is 6.23. The van der Waals surface area contributed by atoms with Gasteiger partial charge in [-0.05, 0) is 50.7 Å². The van der Waals surface area contributed by atoms with Crippen molar-refractivity contribution in [3.8, 4) is 11.3 Å². The van der Waals surface area contributed by atoms with Crippen molar-refractivity contribution in [3.05, 3.63) is 47.2 Å². The largest absolute Gasteiger partial charge is 0.461 e. The molecule has 0 spiro atoms.